The van der Waals surface area contributed by atoms with Gasteiger partial charge in [0.15, 0.2) is 11.5 Å². The van der Waals surface area contributed by atoms with Crippen LogP contribution >= 0.6 is 0 Å². The van der Waals surface area contributed by atoms with Crippen molar-refractivity contribution in [2.75, 3.05) is 14.2 Å². The maximum absolute atomic E-state index is 12.4. The van der Waals surface area contributed by atoms with Gasteiger partial charge < -0.3 is 18.6 Å². The highest BCUT2D eigenvalue weighted by Gasteiger charge is 2.14. The second kappa shape index (κ2) is 7.26. The quantitative estimate of drug-likeness (QED) is 0.513. The maximum atomic E-state index is 12.4. The first-order valence-corrected chi connectivity index (χ1v) is 7.93. The number of hydrogen-bond acceptors (Lipinski definition) is 7. The molecule has 0 spiro atoms. The van der Waals surface area contributed by atoms with Gasteiger partial charge in [-0.2, -0.15) is 0 Å². The Morgan fingerprint density at radius 2 is 1.85 bits per heavy atom. The van der Waals surface area contributed by atoms with Gasteiger partial charge in [0.05, 0.1) is 25.1 Å². The molecule has 0 aliphatic carbocycles. The minimum Gasteiger partial charge on any atom is -0.493 e. The second-order valence-electron chi connectivity index (χ2n) is 5.39. The number of methoxy groups -OCH3 is 2. The fourth-order valence-corrected chi connectivity index (χ4v) is 2.42. The summed E-state index contributed by atoms with van der Waals surface area (Å²) >= 11 is 0. The van der Waals surface area contributed by atoms with E-state index >= 15 is 0 Å². The Labute approximate surface area is 149 Å². The van der Waals surface area contributed by atoms with Crippen LogP contribution in [-0.2, 0) is 4.79 Å². The molecule has 2 aromatic carbocycles. The molecule has 0 saturated carbocycles. The van der Waals surface area contributed by atoms with Crippen molar-refractivity contribution < 1.29 is 23.4 Å². The molecular weight excluding hydrogens is 338 g/mol. The normalized spacial score (nSPS) is 10.6. The second-order valence-corrected chi connectivity index (χ2v) is 5.39. The van der Waals surface area contributed by atoms with E-state index in [-0.39, 0.29) is 23.7 Å². The van der Waals surface area contributed by atoms with Gasteiger partial charge in [0.2, 0.25) is 5.89 Å². The number of esters is 1. The van der Waals surface area contributed by atoms with E-state index in [1.807, 2.05) is 0 Å². The molecule has 7 nitrogen and oxygen atoms in total. The van der Waals surface area contributed by atoms with E-state index in [1.54, 1.807) is 37.3 Å². The van der Waals surface area contributed by atoms with Crippen LogP contribution < -0.4 is 19.8 Å². The van der Waals surface area contributed by atoms with Crippen molar-refractivity contribution in [3.8, 4) is 28.7 Å². The third kappa shape index (κ3) is 3.37. The topological polar surface area (TPSA) is 87.9 Å². The van der Waals surface area contributed by atoms with Crippen molar-refractivity contribution in [3.63, 3.8) is 0 Å². The van der Waals surface area contributed by atoms with Gasteiger partial charge >= 0.3 is 11.6 Å². The van der Waals surface area contributed by atoms with E-state index in [0.29, 0.717) is 28.3 Å². The molecule has 0 N–H and O–H groups in total. The van der Waals surface area contributed by atoms with Crippen molar-refractivity contribution in [2.45, 2.75) is 13.3 Å². The average molecular weight is 355 g/mol. The predicted octanol–water partition coefficient (Wildman–Crippen LogP) is 3.19. The molecule has 0 atom stereocenters. The number of carbonyl (C=O) groups excluding carboxylic acids is 1. The molecule has 134 valence electrons. The molecule has 3 aromatic rings. The van der Waals surface area contributed by atoms with Gasteiger partial charge in [0.25, 0.3) is 0 Å². The number of fused-ring (bicyclic) bond motifs is 1. The number of hydrogen-bond donors (Lipinski definition) is 0. The zero-order valence-corrected chi connectivity index (χ0v) is 14.6. The highest BCUT2D eigenvalue weighted by molar-refractivity contribution is 5.82. The Morgan fingerprint density at radius 1 is 1.12 bits per heavy atom. The van der Waals surface area contributed by atoms with Crippen LogP contribution in [0, 0.1) is 0 Å². The lowest BCUT2D eigenvalue weighted by Gasteiger charge is -2.09. The van der Waals surface area contributed by atoms with Crippen molar-refractivity contribution >= 4 is 16.9 Å². The van der Waals surface area contributed by atoms with E-state index in [2.05, 4.69) is 4.98 Å². The fourth-order valence-electron chi connectivity index (χ4n) is 2.42. The third-order valence-electron chi connectivity index (χ3n) is 3.73. The molecule has 1 heterocycles. The molecule has 0 saturated heterocycles. The largest absolute Gasteiger partial charge is 0.493 e. The van der Waals surface area contributed by atoms with Crippen molar-refractivity contribution in [1.82, 2.24) is 4.98 Å². The van der Waals surface area contributed by atoms with Gasteiger partial charge in [-0.3, -0.25) is 4.79 Å². The minimum absolute atomic E-state index is 0.115. The van der Waals surface area contributed by atoms with Crippen LogP contribution in [0.25, 0.3) is 22.4 Å². The van der Waals surface area contributed by atoms with Crippen molar-refractivity contribution in [1.29, 1.82) is 0 Å². The van der Waals surface area contributed by atoms with Crippen LogP contribution in [0.5, 0.6) is 17.2 Å². The van der Waals surface area contributed by atoms with Crippen LogP contribution in [0.15, 0.2) is 45.6 Å². The molecule has 1 aromatic heterocycles. The van der Waals surface area contributed by atoms with Crippen molar-refractivity contribution in [2.24, 2.45) is 0 Å². The average Bonchev–Trinajstić information content (AvgIpc) is 2.67. The molecule has 26 heavy (non-hydrogen) atoms. The third-order valence-corrected chi connectivity index (χ3v) is 3.73. The van der Waals surface area contributed by atoms with Gasteiger partial charge in [-0.25, -0.2) is 9.78 Å². The fraction of sp³-hybridized carbons (Fsp3) is 0.211. The summed E-state index contributed by atoms with van der Waals surface area (Å²) in [5.74, 6) is 0.979. The van der Waals surface area contributed by atoms with Crippen LogP contribution in [0.2, 0.25) is 0 Å². The molecule has 0 radical (unpaired) electrons. The van der Waals surface area contributed by atoms with Crippen LogP contribution in [0.3, 0.4) is 0 Å². The first-order chi connectivity index (χ1) is 12.5. The SMILES string of the molecule is CCC(=O)Oc1cccc(-c2nc3cc(OC)c(OC)cc3c(=O)o2)c1. The van der Waals surface area contributed by atoms with E-state index in [0.717, 1.165) is 0 Å². The number of rotatable bonds is 5. The number of benzene rings is 2. The molecule has 7 heteroatoms. The van der Waals surface area contributed by atoms with Gasteiger partial charge in [-0.15, -0.1) is 0 Å². The van der Waals surface area contributed by atoms with E-state index in [9.17, 15) is 9.59 Å². The lowest BCUT2D eigenvalue weighted by atomic mass is 10.2. The zero-order chi connectivity index (χ0) is 18.7. The Bertz CT molecular complexity index is 1020. The Hall–Kier alpha value is -3.35. The summed E-state index contributed by atoms with van der Waals surface area (Å²) in [6.07, 6.45) is 0.259. The number of aromatic nitrogens is 1. The molecule has 0 aliphatic rings. The highest BCUT2D eigenvalue weighted by atomic mass is 16.5. The zero-order valence-electron chi connectivity index (χ0n) is 14.6. The van der Waals surface area contributed by atoms with Gasteiger partial charge in [0.1, 0.15) is 5.75 Å². The first-order valence-electron chi connectivity index (χ1n) is 7.93. The lowest BCUT2D eigenvalue weighted by Crippen LogP contribution is -2.06. The molecular formula is C19H17NO6. The Morgan fingerprint density at radius 3 is 2.54 bits per heavy atom. The number of carbonyl (C=O) groups is 1. The van der Waals surface area contributed by atoms with E-state index in [4.69, 9.17) is 18.6 Å². The maximum Gasteiger partial charge on any atom is 0.347 e. The van der Waals surface area contributed by atoms with Crippen LogP contribution in [-0.4, -0.2) is 25.2 Å². The van der Waals surface area contributed by atoms with Gasteiger partial charge in [-0.05, 0) is 18.2 Å². The monoisotopic (exact) mass is 355 g/mol. The summed E-state index contributed by atoms with van der Waals surface area (Å²) in [5, 5.41) is 0.278. The number of ether oxygens (including phenoxy) is 3. The standard InChI is InChI=1S/C19H17NO6/c1-4-17(21)25-12-7-5-6-11(8-12)18-20-14-10-16(24-3)15(23-2)9-13(14)19(22)26-18/h5-10H,4H2,1-3H3. The Kier molecular flexibility index (Phi) is 4.88. The van der Waals surface area contributed by atoms with E-state index in [1.165, 1.54) is 20.3 Å². The molecule has 0 fully saturated rings. The summed E-state index contributed by atoms with van der Waals surface area (Å²) in [4.78, 5) is 28.2. The van der Waals surface area contributed by atoms with Crippen LogP contribution in [0.1, 0.15) is 13.3 Å². The summed E-state index contributed by atoms with van der Waals surface area (Å²) in [5.41, 5.74) is 0.368. The molecule has 0 amide bonds. The summed E-state index contributed by atoms with van der Waals surface area (Å²) < 4.78 is 21.0. The summed E-state index contributed by atoms with van der Waals surface area (Å²) in [7, 11) is 2.98. The van der Waals surface area contributed by atoms with Gasteiger partial charge in [-0.1, -0.05) is 13.0 Å². The first kappa shape index (κ1) is 17.5. The summed E-state index contributed by atoms with van der Waals surface area (Å²) in [6.45, 7) is 1.71. The lowest BCUT2D eigenvalue weighted by molar-refractivity contribution is -0.134. The molecule has 0 bridgehead atoms. The molecule has 0 aliphatic heterocycles. The molecule has 3 rings (SSSR count). The smallest absolute Gasteiger partial charge is 0.347 e. The van der Waals surface area contributed by atoms with Crippen molar-refractivity contribution in [3.05, 3.63) is 46.8 Å². The minimum atomic E-state index is -0.554. The summed E-state index contributed by atoms with van der Waals surface area (Å²) in [6, 6.07) is 9.76. The molecule has 0 unspecified atom stereocenters. The number of nitrogens with zero attached hydrogens (tertiary/aromatic N) is 1. The van der Waals surface area contributed by atoms with Crippen LogP contribution in [0.4, 0.5) is 0 Å². The van der Waals surface area contributed by atoms with E-state index < -0.39 is 5.63 Å². The van der Waals surface area contributed by atoms with Gasteiger partial charge in [0, 0.05) is 24.1 Å². The highest BCUT2D eigenvalue weighted by Crippen LogP contribution is 2.31. The predicted molar refractivity (Wildman–Crippen MR) is 94.7 cm³/mol. The Balaban J connectivity index is 2.10.